The number of aryl methyl sites for hydroxylation is 1. The van der Waals surface area contributed by atoms with Gasteiger partial charge < -0.3 is 4.74 Å². The summed E-state index contributed by atoms with van der Waals surface area (Å²) in [7, 11) is 1.69. The Hall–Kier alpha value is -2.09. The van der Waals surface area contributed by atoms with Crippen LogP contribution in [0.15, 0.2) is 48.8 Å². The average Bonchev–Trinajstić information content (AvgIpc) is 2.91. The standard InChI is InChI=1S/C18H14ClF2N3OS/c1-23-17(26)24(10-22-23)18(13-7-6-11(20)8-16(13)21)14(9-25-18)12-4-2-3-5-15(12)19/h2-8,10,14H,9H2,1H3/t14-,18+/m1/s1. The van der Waals surface area contributed by atoms with Gasteiger partial charge in [-0.3, -0.25) is 4.57 Å². The molecule has 2 atom stereocenters. The zero-order chi connectivity index (χ0) is 18.5. The Morgan fingerprint density at radius 1 is 1.27 bits per heavy atom. The first kappa shape index (κ1) is 17.3. The molecule has 0 saturated carbocycles. The molecule has 4 nitrogen and oxygen atoms in total. The minimum atomic E-state index is -1.28. The van der Waals surface area contributed by atoms with E-state index in [0.29, 0.717) is 16.4 Å². The zero-order valence-corrected chi connectivity index (χ0v) is 15.3. The van der Waals surface area contributed by atoms with Crippen molar-refractivity contribution < 1.29 is 13.5 Å². The molecule has 0 N–H and O–H groups in total. The molecule has 1 aliphatic rings. The summed E-state index contributed by atoms with van der Waals surface area (Å²) in [6, 6.07) is 10.7. The second-order valence-electron chi connectivity index (χ2n) is 6.11. The van der Waals surface area contributed by atoms with E-state index in [-0.39, 0.29) is 11.5 Å². The van der Waals surface area contributed by atoms with E-state index >= 15 is 0 Å². The lowest BCUT2D eigenvalue weighted by Gasteiger charge is -2.50. The van der Waals surface area contributed by atoms with Crippen LogP contribution in [0.25, 0.3) is 0 Å². The lowest BCUT2D eigenvalue weighted by Crippen LogP contribution is -2.55. The Morgan fingerprint density at radius 3 is 2.62 bits per heavy atom. The number of hydrogen-bond donors (Lipinski definition) is 0. The number of ether oxygens (including phenoxy) is 1. The molecule has 4 rings (SSSR count). The maximum Gasteiger partial charge on any atom is 0.200 e. The fourth-order valence-electron chi connectivity index (χ4n) is 3.41. The summed E-state index contributed by atoms with van der Waals surface area (Å²) in [4.78, 5) is 0. The van der Waals surface area contributed by atoms with Gasteiger partial charge >= 0.3 is 0 Å². The first-order chi connectivity index (χ1) is 12.4. The molecule has 0 bridgehead atoms. The first-order valence-corrected chi connectivity index (χ1v) is 8.69. The van der Waals surface area contributed by atoms with Crippen LogP contribution in [-0.2, 0) is 17.5 Å². The van der Waals surface area contributed by atoms with Crippen LogP contribution < -0.4 is 0 Å². The van der Waals surface area contributed by atoms with E-state index in [9.17, 15) is 8.78 Å². The summed E-state index contributed by atoms with van der Waals surface area (Å²) in [6.07, 6.45) is 1.49. The van der Waals surface area contributed by atoms with Crippen LogP contribution in [-0.4, -0.2) is 21.0 Å². The van der Waals surface area contributed by atoms with Crippen LogP contribution in [0, 0.1) is 16.4 Å². The van der Waals surface area contributed by atoms with Crippen molar-refractivity contribution in [3.63, 3.8) is 0 Å². The highest BCUT2D eigenvalue weighted by molar-refractivity contribution is 7.71. The average molecular weight is 394 g/mol. The van der Waals surface area contributed by atoms with Crippen molar-refractivity contribution >= 4 is 23.8 Å². The number of aromatic nitrogens is 3. The summed E-state index contributed by atoms with van der Waals surface area (Å²) in [5.74, 6) is -1.69. The lowest BCUT2D eigenvalue weighted by atomic mass is 9.79. The molecular weight excluding hydrogens is 380 g/mol. The van der Waals surface area contributed by atoms with Crippen molar-refractivity contribution in [2.45, 2.75) is 11.6 Å². The van der Waals surface area contributed by atoms with Gasteiger partial charge in [0, 0.05) is 23.7 Å². The van der Waals surface area contributed by atoms with Crippen molar-refractivity contribution in [1.29, 1.82) is 0 Å². The molecular formula is C18H14ClF2N3OS. The Bertz CT molecular complexity index is 1050. The molecule has 1 aromatic heterocycles. The van der Waals surface area contributed by atoms with E-state index in [1.54, 1.807) is 17.7 Å². The van der Waals surface area contributed by atoms with Gasteiger partial charge in [0.25, 0.3) is 0 Å². The van der Waals surface area contributed by atoms with Gasteiger partial charge in [-0.15, -0.1) is 0 Å². The Balaban J connectivity index is 1.98. The number of halogens is 3. The smallest absolute Gasteiger partial charge is 0.200 e. The second kappa shape index (κ2) is 6.26. The molecule has 0 aliphatic carbocycles. The maximum atomic E-state index is 14.8. The van der Waals surface area contributed by atoms with Gasteiger partial charge in [-0.2, -0.15) is 5.10 Å². The van der Waals surface area contributed by atoms with Crippen LogP contribution >= 0.6 is 23.8 Å². The van der Waals surface area contributed by atoms with Crippen molar-refractivity contribution in [3.05, 3.63) is 81.3 Å². The van der Waals surface area contributed by atoms with Crippen LogP contribution in [0.5, 0.6) is 0 Å². The molecule has 2 heterocycles. The third-order valence-electron chi connectivity index (χ3n) is 4.72. The highest BCUT2D eigenvalue weighted by Crippen LogP contribution is 2.51. The van der Waals surface area contributed by atoms with Crippen LogP contribution in [0.2, 0.25) is 5.02 Å². The fourth-order valence-corrected chi connectivity index (χ4v) is 3.90. The first-order valence-electron chi connectivity index (χ1n) is 7.90. The van der Waals surface area contributed by atoms with Crippen LogP contribution in [0.1, 0.15) is 17.0 Å². The minimum Gasteiger partial charge on any atom is -0.349 e. The quantitative estimate of drug-likeness (QED) is 0.618. The highest BCUT2D eigenvalue weighted by Gasteiger charge is 2.55. The summed E-state index contributed by atoms with van der Waals surface area (Å²) in [5.41, 5.74) is -0.303. The number of benzene rings is 2. The van der Waals surface area contributed by atoms with Gasteiger partial charge in [-0.1, -0.05) is 29.8 Å². The highest BCUT2D eigenvalue weighted by atomic mass is 35.5. The summed E-state index contributed by atoms with van der Waals surface area (Å²) in [6.45, 7) is 0.317. The predicted octanol–water partition coefficient (Wildman–Crippen LogP) is 4.40. The summed E-state index contributed by atoms with van der Waals surface area (Å²) >= 11 is 11.8. The largest absolute Gasteiger partial charge is 0.349 e. The van der Waals surface area contributed by atoms with E-state index in [4.69, 9.17) is 28.6 Å². The van der Waals surface area contributed by atoms with Crippen molar-refractivity contribution in [2.75, 3.05) is 6.61 Å². The van der Waals surface area contributed by atoms with Crippen LogP contribution in [0.4, 0.5) is 8.78 Å². The molecule has 1 saturated heterocycles. The van der Waals surface area contributed by atoms with Gasteiger partial charge in [0.2, 0.25) is 0 Å². The fraction of sp³-hybridized carbons (Fsp3) is 0.222. The number of nitrogens with zero attached hydrogens (tertiary/aromatic N) is 3. The summed E-state index contributed by atoms with van der Waals surface area (Å²) in [5, 5.41) is 4.70. The van der Waals surface area contributed by atoms with Crippen LogP contribution in [0.3, 0.4) is 0 Å². The SMILES string of the molecule is Cn1ncn([C@@]2(c3ccc(F)cc3F)OC[C@@H]2c2ccccc2Cl)c1=S. The van der Waals surface area contributed by atoms with Gasteiger partial charge in [0.15, 0.2) is 10.5 Å². The normalized spacial score (nSPS) is 22.2. The van der Waals surface area contributed by atoms with Crippen molar-refractivity contribution in [2.24, 2.45) is 7.05 Å². The number of hydrogen-bond acceptors (Lipinski definition) is 3. The van der Waals surface area contributed by atoms with Crippen molar-refractivity contribution in [1.82, 2.24) is 14.3 Å². The van der Waals surface area contributed by atoms with Gasteiger partial charge in [0.1, 0.15) is 18.0 Å². The Labute approximate surface area is 158 Å². The van der Waals surface area contributed by atoms with Gasteiger partial charge in [-0.25, -0.2) is 13.5 Å². The van der Waals surface area contributed by atoms with Crippen molar-refractivity contribution in [3.8, 4) is 0 Å². The van der Waals surface area contributed by atoms with E-state index in [2.05, 4.69) is 5.10 Å². The van der Waals surface area contributed by atoms with Gasteiger partial charge in [0.05, 0.1) is 12.5 Å². The molecule has 8 heteroatoms. The molecule has 1 aliphatic heterocycles. The molecule has 1 fully saturated rings. The molecule has 3 aromatic rings. The van der Waals surface area contributed by atoms with E-state index in [1.165, 1.54) is 23.1 Å². The topological polar surface area (TPSA) is 32.0 Å². The molecule has 0 amide bonds. The van der Waals surface area contributed by atoms with E-state index in [1.807, 2.05) is 18.2 Å². The maximum absolute atomic E-state index is 14.8. The molecule has 134 valence electrons. The van der Waals surface area contributed by atoms with E-state index < -0.39 is 17.4 Å². The molecule has 0 unspecified atom stereocenters. The Morgan fingerprint density at radius 2 is 2.04 bits per heavy atom. The molecule has 2 aromatic carbocycles. The second-order valence-corrected chi connectivity index (χ2v) is 6.89. The lowest BCUT2D eigenvalue weighted by molar-refractivity contribution is -0.200. The molecule has 0 radical (unpaired) electrons. The zero-order valence-electron chi connectivity index (χ0n) is 13.7. The minimum absolute atomic E-state index is 0.180. The Kier molecular flexibility index (Phi) is 4.17. The van der Waals surface area contributed by atoms with E-state index in [0.717, 1.165) is 11.6 Å². The third-order valence-corrected chi connectivity index (χ3v) is 5.53. The monoisotopic (exact) mass is 393 g/mol. The molecule has 0 spiro atoms. The summed E-state index contributed by atoms with van der Waals surface area (Å²) < 4.78 is 37.6. The third kappa shape index (κ3) is 2.42. The number of rotatable bonds is 3. The van der Waals surface area contributed by atoms with Gasteiger partial charge in [-0.05, 0) is 36.0 Å². The predicted molar refractivity (Wildman–Crippen MR) is 95.6 cm³/mol. The molecule has 26 heavy (non-hydrogen) atoms.